The van der Waals surface area contributed by atoms with Crippen molar-refractivity contribution >= 4 is 17.8 Å². The van der Waals surface area contributed by atoms with Crippen LogP contribution in [0.25, 0.3) is 0 Å². The van der Waals surface area contributed by atoms with E-state index in [1.165, 1.54) is 17.8 Å². The molecule has 2 atom stereocenters. The molecule has 2 aromatic carbocycles. The van der Waals surface area contributed by atoms with E-state index in [1.807, 2.05) is 43.3 Å². The number of urea groups is 1. The maximum Gasteiger partial charge on any atom is 0.315 e. The van der Waals surface area contributed by atoms with Gasteiger partial charge in [-0.15, -0.1) is 11.8 Å². The Hall–Kier alpha value is -2.01. The third-order valence-corrected chi connectivity index (χ3v) is 5.14. The average molecular weight is 330 g/mol. The van der Waals surface area contributed by atoms with E-state index >= 15 is 0 Å². The number of thioether (sulfide) groups is 1. The fourth-order valence-electron chi connectivity index (χ4n) is 2.76. The van der Waals surface area contributed by atoms with Crippen molar-refractivity contribution < 1.29 is 9.18 Å². The normalized spacial score (nSPS) is 17.9. The minimum absolute atomic E-state index is 0.0823. The van der Waals surface area contributed by atoms with Gasteiger partial charge in [0.05, 0.1) is 12.1 Å². The molecular weight excluding hydrogens is 311 g/mol. The van der Waals surface area contributed by atoms with Crippen molar-refractivity contribution in [3.63, 3.8) is 0 Å². The van der Waals surface area contributed by atoms with Gasteiger partial charge in [-0.25, -0.2) is 9.18 Å². The second-order valence-corrected chi connectivity index (χ2v) is 6.70. The summed E-state index contributed by atoms with van der Waals surface area (Å²) >= 11 is 1.51. The zero-order chi connectivity index (χ0) is 16.2. The number of hydrogen-bond donors (Lipinski definition) is 2. The monoisotopic (exact) mass is 330 g/mol. The highest BCUT2D eigenvalue weighted by Gasteiger charge is 2.24. The third kappa shape index (κ3) is 3.67. The minimum atomic E-state index is -0.228. The predicted molar refractivity (Wildman–Crippen MR) is 91.0 cm³/mol. The first-order valence-electron chi connectivity index (χ1n) is 7.68. The van der Waals surface area contributed by atoms with Crippen molar-refractivity contribution in [1.82, 2.24) is 10.6 Å². The first-order chi connectivity index (χ1) is 11.1. The molecule has 120 valence electrons. The van der Waals surface area contributed by atoms with Crippen LogP contribution in [0.3, 0.4) is 0 Å². The van der Waals surface area contributed by atoms with Crippen LogP contribution in [0.2, 0.25) is 0 Å². The van der Waals surface area contributed by atoms with Gasteiger partial charge in [0.15, 0.2) is 0 Å². The summed E-state index contributed by atoms with van der Waals surface area (Å²) in [6.07, 6.45) is 0.800. The lowest BCUT2D eigenvalue weighted by molar-refractivity contribution is 0.233. The van der Waals surface area contributed by atoms with Gasteiger partial charge in [-0.1, -0.05) is 42.5 Å². The molecule has 3 rings (SSSR count). The molecular formula is C18H19FN2OS. The second-order valence-electron chi connectivity index (χ2n) is 5.60. The first-order valence-corrected chi connectivity index (χ1v) is 8.67. The summed E-state index contributed by atoms with van der Waals surface area (Å²) in [5, 5.41) is 5.91. The van der Waals surface area contributed by atoms with Crippen LogP contribution in [0.4, 0.5) is 9.18 Å². The first kappa shape index (κ1) is 15.9. The van der Waals surface area contributed by atoms with Gasteiger partial charge >= 0.3 is 6.03 Å². The van der Waals surface area contributed by atoms with Crippen molar-refractivity contribution in [2.24, 2.45) is 0 Å². The standard InChI is InChI=1S/C18H19FN2OS/c1-12(13-6-3-2-4-7-13)20-18(22)21-16-10-11-23-17-14(16)8-5-9-15(17)19/h2-9,12,16H,10-11H2,1H3,(H2,20,21,22). The van der Waals surface area contributed by atoms with Crippen molar-refractivity contribution in [2.45, 2.75) is 30.3 Å². The molecule has 0 radical (unpaired) electrons. The van der Waals surface area contributed by atoms with E-state index in [0.717, 1.165) is 23.3 Å². The molecule has 2 N–H and O–H groups in total. The molecule has 1 heterocycles. The van der Waals surface area contributed by atoms with E-state index in [1.54, 1.807) is 6.07 Å². The van der Waals surface area contributed by atoms with Crippen LogP contribution < -0.4 is 10.6 Å². The number of nitrogens with one attached hydrogen (secondary N) is 2. The lowest BCUT2D eigenvalue weighted by Crippen LogP contribution is -2.40. The zero-order valence-electron chi connectivity index (χ0n) is 12.9. The molecule has 23 heavy (non-hydrogen) atoms. The maximum absolute atomic E-state index is 13.9. The molecule has 0 saturated heterocycles. The molecule has 2 amide bonds. The molecule has 0 aromatic heterocycles. The van der Waals surface area contributed by atoms with Gasteiger partial charge in [0, 0.05) is 10.6 Å². The SMILES string of the molecule is CC(NC(=O)NC1CCSc2c(F)cccc21)c1ccccc1. The summed E-state index contributed by atoms with van der Waals surface area (Å²) in [7, 11) is 0. The highest BCUT2D eigenvalue weighted by Crippen LogP contribution is 2.37. The van der Waals surface area contributed by atoms with E-state index in [9.17, 15) is 9.18 Å². The van der Waals surface area contributed by atoms with E-state index < -0.39 is 0 Å². The lowest BCUT2D eigenvalue weighted by Gasteiger charge is -2.27. The van der Waals surface area contributed by atoms with Gasteiger partial charge in [-0.2, -0.15) is 0 Å². The third-order valence-electron chi connectivity index (χ3n) is 3.98. The van der Waals surface area contributed by atoms with Gasteiger partial charge in [0.25, 0.3) is 0 Å². The molecule has 5 heteroatoms. The van der Waals surface area contributed by atoms with Gasteiger partial charge < -0.3 is 10.6 Å². The fraction of sp³-hybridized carbons (Fsp3) is 0.278. The summed E-state index contributed by atoms with van der Waals surface area (Å²) < 4.78 is 13.9. The molecule has 2 unspecified atom stereocenters. The zero-order valence-corrected chi connectivity index (χ0v) is 13.7. The summed E-state index contributed by atoms with van der Waals surface area (Å²) in [6.45, 7) is 1.94. The number of benzene rings is 2. The van der Waals surface area contributed by atoms with Crippen LogP contribution in [-0.4, -0.2) is 11.8 Å². The molecule has 0 fully saturated rings. The largest absolute Gasteiger partial charge is 0.332 e. The molecule has 0 aliphatic carbocycles. The number of rotatable bonds is 3. The van der Waals surface area contributed by atoms with Crippen molar-refractivity contribution in [2.75, 3.05) is 5.75 Å². The Kier molecular flexibility index (Phi) is 4.86. The van der Waals surface area contributed by atoms with Gasteiger partial charge in [-0.05, 0) is 30.5 Å². The number of halogens is 1. The summed E-state index contributed by atoms with van der Waals surface area (Å²) in [6, 6.07) is 14.4. The molecule has 2 aromatic rings. The molecule has 0 spiro atoms. The number of fused-ring (bicyclic) bond motifs is 1. The van der Waals surface area contributed by atoms with Crippen LogP contribution in [0.1, 0.15) is 36.6 Å². The van der Waals surface area contributed by atoms with Gasteiger partial charge in [-0.3, -0.25) is 0 Å². The van der Waals surface area contributed by atoms with Crippen LogP contribution in [0, 0.1) is 5.82 Å². The topological polar surface area (TPSA) is 41.1 Å². The number of carbonyl (C=O) groups excluding carboxylic acids is 1. The summed E-state index contributed by atoms with van der Waals surface area (Å²) in [4.78, 5) is 12.9. The highest BCUT2D eigenvalue weighted by atomic mass is 32.2. The number of carbonyl (C=O) groups is 1. The summed E-state index contributed by atoms with van der Waals surface area (Å²) in [5.74, 6) is 0.588. The maximum atomic E-state index is 13.9. The average Bonchev–Trinajstić information content (AvgIpc) is 2.56. The van der Waals surface area contributed by atoms with Crippen LogP contribution in [0.5, 0.6) is 0 Å². The minimum Gasteiger partial charge on any atom is -0.332 e. The Morgan fingerprint density at radius 3 is 2.78 bits per heavy atom. The molecule has 3 nitrogen and oxygen atoms in total. The quantitative estimate of drug-likeness (QED) is 0.874. The van der Waals surface area contributed by atoms with Gasteiger partial charge in [0.1, 0.15) is 5.82 Å². The van der Waals surface area contributed by atoms with Crippen LogP contribution >= 0.6 is 11.8 Å². The highest BCUT2D eigenvalue weighted by molar-refractivity contribution is 7.99. The number of hydrogen-bond acceptors (Lipinski definition) is 2. The Bertz CT molecular complexity index is 693. The van der Waals surface area contributed by atoms with Crippen molar-refractivity contribution in [1.29, 1.82) is 0 Å². The van der Waals surface area contributed by atoms with Crippen molar-refractivity contribution in [3.05, 3.63) is 65.5 Å². The van der Waals surface area contributed by atoms with E-state index in [-0.39, 0.29) is 23.9 Å². The molecule has 1 aliphatic heterocycles. The number of amides is 2. The Morgan fingerprint density at radius 2 is 2.00 bits per heavy atom. The van der Waals surface area contributed by atoms with Gasteiger partial charge in [0.2, 0.25) is 0 Å². The Balaban J connectivity index is 1.67. The smallest absolute Gasteiger partial charge is 0.315 e. The Labute approximate surface area is 139 Å². The molecule has 1 aliphatic rings. The predicted octanol–water partition coefficient (Wildman–Crippen LogP) is 4.42. The fourth-order valence-corrected chi connectivity index (χ4v) is 3.90. The van der Waals surface area contributed by atoms with Crippen LogP contribution in [0.15, 0.2) is 53.4 Å². The van der Waals surface area contributed by atoms with E-state index in [0.29, 0.717) is 4.90 Å². The van der Waals surface area contributed by atoms with Crippen LogP contribution in [-0.2, 0) is 0 Å². The van der Waals surface area contributed by atoms with Crippen molar-refractivity contribution in [3.8, 4) is 0 Å². The molecule has 0 saturated carbocycles. The Morgan fingerprint density at radius 1 is 1.22 bits per heavy atom. The molecule has 0 bridgehead atoms. The lowest BCUT2D eigenvalue weighted by atomic mass is 10.0. The van der Waals surface area contributed by atoms with E-state index in [2.05, 4.69) is 10.6 Å². The summed E-state index contributed by atoms with van der Waals surface area (Å²) in [5.41, 5.74) is 1.91. The van der Waals surface area contributed by atoms with E-state index in [4.69, 9.17) is 0 Å². The second kappa shape index (κ2) is 7.04.